The quantitative estimate of drug-likeness (QED) is 0.676. The van der Waals surface area contributed by atoms with Crippen LogP contribution >= 0.6 is 0 Å². The molecule has 0 aliphatic carbocycles. The summed E-state index contributed by atoms with van der Waals surface area (Å²) in [5.41, 5.74) is -0.270. The summed E-state index contributed by atoms with van der Waals surface area (Å²) in [5.74, 6) is 0.563. The van der Waals surface area contributed by atoms with Crippen LogP contribution in [0.3, 0.4) is 0 Å². The Hall–Kier alpha value is -1.58. The van der Waals surface area contributed by atoms with E-state index < -0.39 is 0 Å². The molecule has 4 nitrogen and oxygen atoms in total. The van der Waals surface area contributed by atoms with Crippen molar-refractivity contribution in [3.8, 4) is 0 Å². The van der Waals surface area contributed by atoms with Gasteiger partial charge in [-0.3, -0.25) is 4.57 Å². The molecule has 0 aromatic carbocycles. The Balaban J connectivity index is 3.26. The molecule has 0 atom stereocenters. The van der Waals surface area contributed by atoms with Crippen molar-refractivity contribution in [1.82, 2.24) is 14.8 Å². The summed E-state index contributed by atoms with van der Waals surface area (Å²) in [4.78, 5) is 10.9. The largest absolute Gasteiger partial charge is 0.347 e. The van der Waals surface area contributed by atoms with Crippen LogP contribution in [0.1, 0.15) is 12.7 Å². The molecule has 4 heteroatoms. The molecule has 1 aromatic rings. The second kappa shape index (κ2) is 3.01. The Morgan fingerprint density at radius 3 is 3.00 bits per heavy atom. The van der Waals surface area contributed by atoms with Crippen LogP contribution in [0.5, 0.6) is 0 Å². The van der Waals surface area contributed by atoms with Crippen LogP contribution in [0.2, 0.25) is 0 Å². The van der Waals surface area contributed by atoms with Gasteiger partial charge in [-0.2, -0.15) is 5.10 Å². The van der Waals surface area contributed by atoms with E-state index in [0.29, 0.717) is 5.82 Å². The van der Waals surface area contributed by atoms with E-state index in [1.54, 1.807) is 12.2 Å². The molecule has 0 spiro atoms. The molecule has 1 heterocycles. The van der Waals surface area contributed by atoms with Crippen molar-refractivity contribution in [2.24, 2.45) is 0 Å². The third kappa shape index (κ3) is 1.29. The molecule has 0 bridgehead atoms. The van der Waals surface area contributed by atoms with Crippen molar-refractivity contribution in [3.05, 3.63) is 29.0 Å². The summed E-state index contributed by atoms with van der Waals surface area (Å²) in [6, 6.07) is 0. The molecule has 1 rings (SSSR count). The van der Waals surface area contributed by atoms with Gasteiger partial charge in [0.15, 0.2) is 5.82 Å². The van der Waals surface area contributed by atoms with Crippen molar-refractivity contribution >= 4 is 12.3 Å². The molecule has 0 unspecified atom stereocenters. The van der Waals surface area contributed by atoms with E-state index in [1.165, 1.54) is 10.8 Å². The zero-order valence-electron chi connectivity index (χ0n) is 6.24. The molecule has 11 heavy (non-hydrogen) atoms. The molecule has 1 aromatic heterocycles. The first-order chi connectivity index (χ1) is 5.29. The van der Waals surface area contributed by atoms with Gasteiger partial charge >= 0.3 is 5.69 Å². The molecule has 0 fully saturated rings. The average Bonchev–Trinajstić information content (AvgIpc) is 2.33. The molecule has 1 N–H and O–H groups in total. The highest BCUT2D eigenvalue weighted by atomic mass is 16.1. The number of nitrogens with one attached hydrogen (secondary N) is 1. The van der Waals surface area contributed by atoms with E-state index in [0.717, 1.165) is 0 Å². The Bertz CT molecular complexity index is 332. The monoisotopic (exact) mass is 151 g/mol. The first-order valence-corrected chi connectivity index (χ1v) is 3.21. The molecular formula is C7H9N3O. The number of aromatic nitrogens is 3. The van der Waals surface area contributed by atoms with Crippen LogP contribution in [0.25, 0.3) is 12.3 Å². The summed E-state index contributed by atoms with van der Waals surface area (Å²) in [7, 11) is 0. The number of H-pyrrole nitrogens is 1. The van der Waals surface area contributed by atoms with E-state index in [-0.39, 0.29) is 5.69 Å². The number of rotatable bonds is 2. The van der Waals surface area contributed by atoms with E-state index in [1.807, 2.05) is 6.92 Å². The fourth-order valence-electron chi connectivity index (χ4n) is 0.760. The average molecular weight is 151 g/mol. The van der Waals surface area contributed by atoms with Gasteiger partial charge in [-0.05, 0) is 13.0 Å². The number of aromatic amines is 1. The zero-order chi connectivity index (χ0) is 8.27. The predicted molar refractivity (Wildman–Crippen MR) is 43.9 cm³/mol. The third-order valence-electron chi connectivity index (χ3n) is 1.23. The Kier molecular flexibility index (Phi) is 2.06. The molecule has 0 amide bonds. The van der Waals surface area contributed by atoms with Crippen molar-refractivity contribution in [1.29, 1.82) is 0 Å². The lowest BCUT2D eigenvalue weighted by molar-refractivity contribution is 1.03. The highest BCUT2D eigenvalue weighted by Gasteiger charge is 1.98. The highest BCUT2D eigenvalue weighted by Crippen LogP contribution is 1.92. The standard InChI is InChI=1S/C7H9N3O/c1-3-5-6-8-9-7(11)10(6)4-2/h3-5H,2H2,1H3,(H,9,11)/b5-3-. The Morgan fingerprint density at radius 1 is 1.73 bits per heavy atom. The van der Waals surface area contributed by atoms with Crippen molar-refractivity contribution in [2.75, 3.05) is 0 Å². The molecule has 58 valence electrons. The molecule has 0 aliphatic heterocycles. The van der Waals surface area contributed by atoms with Gasteiger partial charge in [0.05, 0.1) is 0 Å². The van der Waals surface area contributed by atoms with Crippen LogP contribution in [-0.2, 0) is 0 Å². The van der Waals surface area contributed by atoms with Gasteiger partial charge in [-0.1, -0.05) is 12.7 Å². The summed E-state index contributed by atoms with van der Waals surface area (Å²) in [6.45, 7) is 5.33. The van der Waals surface area contributed by atoms with Gasteiger partial charge in [0.1, 0.15) is 0 Å². The molecule has 0 aliphatic rings. The fraction of sp³-hybridized carbons (Fsp3) is 0.143. The third-order valence-corrected chi connectivity index (χ3v) is 1.23. The smallest absolute Gasteiger partial charge is 0.251 e. The number of hydrogen-bond donors (Lipinski definition) is 1. The second-order valence-electron chi connectivity index (χ2n) is 1.94. The summed E-state index contributed by atoms with van der Waals surface area (Å²) in [5, 5.41) is 6.05. The lowest BCUT2D eigenvalue weighted by atomic mass is 10.5. The lowest BCUT2D eigenvalue weighted by Crippen LogP contribution is -2.11. The molecule has 0 saturated heterocycles. The normalized spacial score (nSPS) is 10.6. The van der Waals surface area contributed by atoms with Gasteiger partial charge in [-0.25, -0.2) is 9.89 Å². The lowest BCUT2D eigenvalue weighted by Gasteiger charge is -1.89. The van der Waals surface area contributed by atoms with Crippen LogP contribution in [0, 0.1) is 0 Å². The summed E-state index contributed by atoms with van der Waals surface area (Å²) in [6.07, 6.45) is 4.94. The molecule has 0 radical (unpaired) electrons. The Morgan fingerprint density at radius 2 is 2.45 bits per heavy atom. The van der Waals surface area contributed by atoms with E-state index in [4.69, 9.17) is 0 Å². The van der Waals surface area contributed by atoms with Crippen molar-refractivity contribution < 1.29 is 0 Å². The minimum absolute atomic E-state index is 0.270. The predicted octanol–water partition coefficient (Wildman–Crippen LogP) is 0.705. The van der Waals surface area contributed by atoms with Gasteiger partial charge in [-0.15, -0.1) is 0 Å². The Labute approximate surface area is 63.9 Å². The maximum absolute atomic E-state index is 10.9. The van der Waals surface area contributed by atoms with Gasteiger partial charge in [0.25, 0.3) is 0 Å². The van der Waals surface area contributed by atoms with Crippen LogP contribution in [-0.4, -0.2) is 14.8 Å². The minimum atomic E-state index is -0.270. The minimum Gasteiger partial charge on any atom is -0.251 e. The van der Waals surface area contributed by atoms with Crippen molar-refractivity contribution in [2.45, 2.75) is 6.92 Å². The number of allylic oxidation sites excluding steroid dienone is 1. The van der Waals surface area contributed by atoms with Crippen molar-refractivity contribution in [3.63, 3.8) is 0 Å². The van der Waals surface area contributed by atoms with Gasteiger partial charge in [0.2, 0.25) is 0 Å². The van der Waals surface area contributed by atoms with Gasteiger partial charge < -0.3 is 0 Å². The highest BCUT2D eigenvalue weighted by molar-refractivity contribution is 5.42. The first kappa shape index (κ1) is 7.53. The topological polar surface area (TPSA) is 50.7 Å². The first-order valence-electron chi connectivity index (χ1n) is 3.21. The van der Waals surface area contributed by atoms with E-state index in [9.17, 15) is 4.79 Å². The SMILES string of the molecule is C=Cn1c(/C=C\C)n[nH]c1=O. The second-order valence-corrected chi connectivity index (χ2v) is 1.94. The number of hydrogen-bond acceptors (Lipinski definition) is 2. The fourth-order valence-corrected chi connectivity index (χ4v) is 0.760. The summed E-state index contributed by atoms with van der Waals surface area (Å²) < 4.78 is 1.33. The van der Waals surface area contributed by atoms with Gasteiger partial charge in [0, 0.05) is 6.20 Å². The van der Waals surface area contributed by atoms with E-state index >= 15 is 0 Å². The van der Waals surface area contributed by atoms with Crippen LogP contribution in [0.15, 0.2) is 17.4 Å². The van der Waals surface area contributed by atoms with E-state index in [2.05, 4.69) is 16.8 Å². The maximum Gasteiger partial charge on any atom is 0.347 e. The molecular weight excluding hydrogens is 142 g/mol. The summed E-state index contributed by atoms with van der Waals surface area (Å²) >= 11 is 0. The van der Waals surface area contributed by atoms with Crippen LogP contribution in [0.4, 0.5) is 0 Å². The maximum atomic E-state index is 10.9. The zero-order valence-corrected chi connectivity index (χ0v) is 6.24. The molecule has 0 saturated carbocycles. The van der Waals surface area contributed by atoms with Crippen LogP contribution < -0.4 is 5.69 Å². The number of nitrogens with zero attached hydrogens (tertiary/aromatic N) is 2.